The van der Waals surface area contributed by atoms with Crippen molar-refractivity contribution in [3.63, 3.8) is 0 Å². The van der Waals surface area contributed by atoms with Crippen LogP contribution < -0.4 is 0 Å². The minimum absolute atomic E-state index is 0.0568. The summed E-state index contributed by atoms with van der Waals surface area (Å²) < 4.78 is 5.53. The lowest BCUT2D eigenvalue weighted by molar-refractivity contribution is -0.138. The number of morpholine rings is 1. The maximum atomic E-state index is 12.4. The van der Waals surface area contributed by atoms with Crippen LogP contribution in [0, 0.1) is 0 Å². The van der Waals surface area contributed by atoms with E-state index >= 15 is 0 Å². The lowest BCUT2D eigenvalue weighted by Crippen LogP contribution is -2.54. The molecule has 2 amide bonds. The molecule has 0 aliphatic carbocycles. The molecule has 0 bridgehead atoms. The van der Waals surface area contributed by atoms with Gasteiger partial charge in [0.25, 0.3) is 0 Å². The van der Waals surface area contributed by atoms with Crippen LogP contribution in [0.4, 0.5) is 4.79 Å². The number of aliphatic carboxylic acids is 1. The van der Waals surface area contributed by atoms with Gasteiger partial charge in [0.2, 0.25) is 0 Å². The number of hydrogen-bond donors (Lipinski definition) is 1. The predicted octanol–water partition coefficient (Wildman–Crippen LogP) is 1.40. The Morgan fingerprint density at radius 1 is 1.47 bits per heavy atom. The van der Waals surface area contributed by atoms with Crippen LogP contribution in [0.5, 0.6) is 0 Å². The number of carboxylic acid groups (broad SMARTS) is 1. The molecular formula is C13H24N2O4. The highest BCUT2D eigenvalue weighted by Crippen LogP contribution is 2.13. The Bertz CT molecular complexity index is 322. The first-order chi connectivity index (χ1) is 8.99. The molecule has 1 aliphatic heterocycles. The van der Waals surface area contributed by atoms with Gasteiger partial charge in [0.1, 0.15) is 6.54 Å². The summed E-state index contributed by atoms with van der Waals surface area (Å²) in [5, 5.41) is 8.94. The zero-order valence-corrected chi connectivity index (χ0v) is 12.0. The Kier molecular flexibility index (Phi) is 6.08. The van der Waals surface area contributed by atoms with Gasteiger partial charge in [0, 0.05) is 19.1 Å². The molecule has 0 radical (unpaired) electrons. The van der Waals surface area contributed by atoms with E-state index in [-0.39, 0.29) is 24.7 Å². The Balaban J connectivity index is 2.71. The Labute approximate surface area is 114 Å². The van der Waals surface area contributed by atoms with Crippen LogP contribution in [0.2, 0.25) is 0 Å². The molecule has 19 heavy (non-hydrogen) atoms. The summed E-state index contributed by atoms with van der Waals surface area (Å²) in [6.45, 7) is 7.18. The smallest absolute Gasteiger partial charge is 0.323 e. The molecule has 0 saturated carbocycles. The Morgan fingerprint density at radius 2 is 2.16 bits per heavy atom. The fourth-order valence-electron chi connectivity index (χ4n) is 2.10. The highest BCUT2D eigenvalue weighted by atomic mass is 16.5. The highest BCUT2D eigenvalue weighted by molar-refractivity contribution is 5.80. The van der Waals surface area contributed by atoms with E-state index in [9.17, 15) is 9.59 Å². The van der Waals surface area contributed by atoms with E-state index < -0.39 is 5.97 Å². The summed E-state index contributed by atoms with van der Waals surface area (Å²) in [7, 11) is 0. The number of carboxylic acids is 1. The van der Waals surface area contributed by atoms with Crippen molar-refractivity contribution < 1.29 is 19.4 Å². The standard InChI is InChI=1S/C13H24N2O4/c1-4-10(3)15(9-12(16)17)13(18)14-6-7-19-11(5-2)8-14/h10-11H,4-9H2,1-3H3,(H,16,17). The van der Waals surface area contributed by atoms with E-state index in [0.29, 0.717) is 19.7 Å². The number of rotatable bonds is 5. The number of urea groups is 1. The molecule has 1 aliphatic rings. The van der Waals surface area contributed by atoms with E-state index in [1.54, 1.807) is 4.90 Å². The van der Waals surface area contributed by atoms with Crippen molar-refractivity contribution in [3.8, 4) is 0 Å². The molecular weight excluding hydrogens is 248 g/mol. The molecule has 6 nitrogen and oxygen atoms in total. The molecule has 1 saturated heterocycles. The number of amides is 2. The summed E-state index contributed by atoms with van der Waals surface area (Å²) in [6, 6.07) is -0.273. The van der Waals surface area contributed by atoms with E-state index in [0.717, 1.165) is 12.8 Å². The molecule has 0 aromatic carbocycles. The first kappa shape index (κ1) is 15.8. The Morgan fingerprint density at radius 3 is 2.68 bits per heavy atom. The number of carbonyl (C=O) groups is 2. The normalized spacial score (nSPS) is 21.0. The fraction of sp³-hybridized carbons (Fsp3) is 0.846. The van der Waals surface area contributed by atoms with Gasteiger partial charge in [0.15, 0.2) is 0 Å². The second-order valence-corrected chi connectivity index (χ2v) is 4.91. The van der Waals surface area contributed by atoms with Gasteiger partial charge in [-0.1, -0.05) is 13.8 Å². The summed E-state index contributed by atoms with van der Waals surface area (Å²) in [6.07, 6.45) is 1.65. The molecule has 110 valence electrons. The van der Waals surface area contributed by atoms with Crippen LogP contribution >= 0.6 is 0 Å². The number of ether oxygens (including phenoxy) is 1. The molecule has 0 aromatic rings. The minimum Gasteiger partial charge on any atom is -0.480 e. The molecule has 0 spiro atoms. The molecule has 0 aromatic heterocycles. The van der Waals surface area contributed by atoms with Crippen molar-refractivity contribution in [3.05, 3.63) is 0 Å². The van der Waals surface area contributed by atoms with Crippen LogP contribution in [0.1, 0.15) is 33.6 Å². The molecule has 1 heterocycles. The predicted molar refractivity (Wildman–Crippen MR) is 71.1 cm³/mol. The van der Waals surface area contributed by atoms with Gasteiger partial charge in [-0.15, -0.1) is 0 Å². The molecule has 2 unspecified atom stereocenters. The van der Waals surface area contributed by atoms with Gasteiger partial charge in [-0.05, 0) is 19.8 Å². The third kappa shape index (κ3) is 4.38. The van der Waals surface area contributed by atoms with Crippen molar-refractivity contribution in [1.29, 1.82) is 0 Å². The highest BCUT2D eigenvalue weighted by Gasteiger charge is 2.29. The van der Waals surface area contributed by atoms with Gasteiger partial charge >= 0.3 is 12.0 Å². The average molecular weight is 272 g/mol. The summed E-state index contributed by atoms with van der Waals surface area (Å²) in [4.78, 5) is 26.5. The van der Waals surface area contributed by atoms with E-state index in [2.05, 4.69) is 0 Å². The topological polar surface area (TPSA) is 70.1 Å². The monoisotopic (exact) mass is 272 g/mol. The van der Waals surface area contributed by atoms with E-state index in [1.807, 2.05) is 20.8 Å². The molecule has 2 atom stereocenters. The van der Waals surface area contributed by atoms with Gasteiger partial charge in [-0.25, -0.2) is 4.79 Å². The molecule has 1 fully saturated rings. The van der Waals surface area contributed by atoms with Gasteiger partial charge in [-0.2, -0.15) is 0 Å². The zero-order valence-electron chi connectivity index (χ0n) is 12.0. The quantitative estimate of drug-likeness (QED) is 0.821. The zero-order chi connectivity index (χ0) is 14.4. The van der Waals surface area contributed by atoms with Crippen molar-refractivity contribution in [2.24, 2.45) is 0 Å². The van der Waals surface area contributed by atoms with Crippen LogP contribution in [0.15, 0.2) is 0 Å². The molecule has 1 N–H and O–H groups in total. The lowest BCUT2D eigenvalue weighted by Gasteiger charge is -2.37. The second kappa shape index (κ2) is 7.33. The van der Waals surface area contributed by atoms with Crippen LogP contribution in [0.25, 0.3) is 0 Å². The van der Waals surface area contributed by atoms with Crippen LogP contribution in [-0.4, -0.2) is 65.3 Å². The van der Waals surface area contributed by atoms with Gasteiger partial charge in [0.05, 0.1) is 12.7 Å². The molecule has 1 rings (SSSR count). The first-order valence-electron chi connectivity index (χ1n) is 6.88. The number of carbonyl (C=O) groups excluding carboxylic acids is 1. The van der Waals surface area contributed by atoms with Crippen LogP contribution in [-0.2, 0) is 9.53 Å². The Hall–Kier alpha value is -1.30. The van der Waals surface area contributed by atoms with E-state index in [4.69, 9.17) is 9.84 Å². The second-order valence-electron chi connectivity index (χ2n) is 4.91. The van der Waals surface area contributed by atoms with Crippen LogP contribution in [0.3, 0.4) is 0 Å². The van der Waals surface area contributed by atoms with Crippen molar-refractivity contribution in [2.75, 3.05) is 26.2 Å². The first-order valence-corrected chi connectivity index (χ1v) is 6.88. The third-order valence-corrected chi connectivity index (χ3v) is 3.54. The SMILES string of the molecule is CCC1CN(C(=O)N(CC(=O)O)C(C)CC)CCO1. The maximum absolute atomic E-state index is 12.4. The fourth-order valence-corrected chi connectivity index (χ4v) is 2.10. The molecule has 6 heteroatoms. The summed E-state index contributed by atoms with van der Waals surface area (Å²) in [5.74, 6) is -0.978. The lowest BCUT2D eigenvalue weighted by atomic mass is 10.2. The van der Waals surface area contributed by atoms with E-state index in [1.165, 1.54) is 4.90 Å². The van der Waals surface area contributed by atoms with Crippen molar-refractivity contribution >= 4 is 12.0 Å². The summed E-state index contributed by atoms with van der Waals surface area (Å²) >= 11 is 0. The van der Waals surface area contributed by atoms with Gasteiger partial charge < -0.3 is 19.6 Å². The average Bonchev–Trinajstić information content (AvgIpc) is 2.43. The van der Waals surface area contributed by atoms with Gasteiger partial charge in [-0.3, -0.25) is 4.79 Å². The minimum atomic E-state index is -0.978. The van der Waals surface area contributed by atoms with Crippen molar-refractivity contribution in [2.45, 2.75) is 45.8 Å². The summed E-state index contributed by atoms with van der Waals surface area (Å²) in [5.41, 5.74) is 0. The third-order valence-electron chi connectivity index (χ3n) is 3.54. The number of nitrogens with zero attached hydrogens (tertiary/aromatic N) is 2. The number of hydrogen-bond acceptors (Lipinski definition) is 3. The van der Waals surface area contributed by atoms with Crippen molar-refractivity contribution in [1.82, 2.24) is 9.80 Å². The maximum Gasteiger partial charge on any atom is 0.323 e. The largest absolute Gasteiger partial charge is 0.480 e.